The summed E-state index contributed by atoms with van der Waals surface area (Å²) in [6.07, 6.45) is 6.68. The topological polar surface area (TPSA) is 116 Å². The molecule has 0 aliphatic heterocycles. The van der Waals surface area contributed by atoms with Crippen molar-refractivity contribution in [2.24, 2.45) is 28.5 Å². The number of hydrogen-bond acceptors (Lipinski definition) is 6. The lowest BCUT2D eigenvalue weighted by Crippen LogP contribution is -2.39. The summed E-state index contributed by atoms with van der Waals surface area (Å²) >= 11 is 0. The van der Waals surface area contributed by atoms with Gasteiger partial charge in [0.1, 0.15) is 6.10 Å². The number of aromatic nitrogens is 2. The van der Waals surface area contributed by atoms with Crippen molar-refractivity contribution in [3.63, 3.8) is 0 Å². The molecule has 0 aromatic carbocycles. The first-order chi connectivity index (χ1) is 14.1. The first-order valence-electron chi connectivity index (χ1n) is 9.87. The van der Waals surface area contributed by atoms with E-state index in [1.165, 1.54) is 0 Å². The number of pyridine rings is 2. The van der Waals surface area contributed by atoms with Crippen LogP contribution in [-0.4, -0.2) is 27.9 Å². The molecule has 0 bridgehead atoms. The molecule has 1 fully saturated rings. The van der Waals surface area contributed by atoms with Gasteiger partial charge in [0.15, 0.2) is 0 Å². The quantitative estimate of drug-likeness (QED) is 0.458. The van der Waals surface area contributed by atoms with Crippen molar-refractivity contribution < 1.29 is 9.53 Å². The molecule has 3 unspecified atom stereocenters. The number of amides is 1. The maximum absolute atomic E-state index is 11.7. The Balaban J connectivity index is 2.07. The zero-order valence-corrected chi connectivity index (χ0v) is 16.4. The van der Waals surface area contributed by atoms with Crippen LogP contribution in [0.5, 0.6) is 0 Å². The van der Waals surface area contributed by atoms with Crippen molar-refractivity contribution in [1.82, 2.24) is 9.97 Å². The third-order valence-corrected chi connectivity index (χ3v) is 5.42. The van der Waals surface area contributed by atoms with Crippen molar-refractivity contribution in [3.05, 3.63) is 66.8 Å². The van der Waals surface area contributed by atoms with E-state index in [0.717, 1.165) is 37.0 Å². The largest absolute Gasteiger partial charge is 0.446 e. The molecule has 0 radical (unpaired) electrons. The van der Waals surface area contributed by atoms with Crippen LogP contribution in [0, 0.1) is 11.8 Å². The number of primary amides is 1. The second-order valence-corrected chi connectivity index (χ2v) is 7.22. The average Bonchev–Trinajstić information content (AvgIpc) is 2.72. The molecule has 1 amide bonds. The third kappa shape index (κ3) is 4.99. The Morgan fingerprint density at radius 3 is 2.28 bits per heavy atom. The molecule has 2 aromatic heterocycles. The second kappa shape index (κ2) is 9.82. The van der Waals surface area contributed by atoms with Gasteiger partial charge in [-0.15, -0.1) is 0 Å². The number of nitrogens with two attached hydrogens (primary N) is 2. The molecule has 0 spiro atoms. The van der Waals surface area contributed by atoms with Crippen LogP contribution in [0.1, 0.15) is 43.5 Å². The minimum atomic E-state index is -0.794. The van der Waals surface area contributed by atoms with Crippen LogP contribution in [0.2, 0.25) is 0 Å². The van der Waals surface area contributed by atoms with E-state index >= 15 is 0 Å². The lowest BCUT2D eigenvalue weighted by atomic mass is 9.72. The fourth-order valence-corrected chi connectivity index (χ4v) is 4.15. The molecule has 4 N–H and O–H groups in total. The van der Waals surface area contributed by atoms with E-state index in [9.17, 15) is 4.79 Å². The SMILES string of the molecule is C=C(c1ccccn1)C1C(OC(N)=O)CCCCCC1/C(=N\N)c1ccccn1. The van der Waals surface area contributed by atoms with Crippen LogP contribution in [0.25, 0.3) is 5.57 Å². The normalized spacial score (nSPS) is 22.9. The minimum absolute atomic E-state index is 0.131. The highest BCUT2D eigenvalue weighted by Gasteiger charge is 2.39. The highest BCUT2D eigenvalue weighted by atomic mass is 16.6. The van der Waals surface area contributed by atoms with Gasteiger partial charge in [-0.2, -0.15) is 5.10 Å². The molecule has 29 heavy (non-hydrogen) atoms. The lowest BCUT2D eigenvalue weighted by Gasteiger charge is -2.36. The van der Waals surface area contributed by atoms with E-state index in [1.54, 1.807) is 12.4 Å². The smallest absolute Gasteiger partial charge is 0.404 e. The number of ether oxygens (including phenoxy) is 1. The van der Waals surface area contributed by atoms with Crippen LogP contribution < -0.4 is 11.6 Å². The summed E-state index contributed by atoms with van der Waals surface area (Å²) in [7, 11) is 0. The number of rotatable bonds is 5. The van der Waals surface area contributed by atoms with Crippen LogP contribution in [0.4, 0.5) is 4.79 Å². The standard InChI is InChI=1S/C22H27N5O2/c1-15(17-10-5-7-13-25-17)20-16(21(27-24)18-11-6-8-14-26-18)9-3-2-4-12-19(20)29-22(23)28/h5-8,10-11,13-14,16,19-20H,1-4,9,12,24H2,(H2,23,28)/b27-21+. The van der Waals surface area contributed by atoms with E-state index in [0.29, 0.717) is 17.8 Å². The maximum atomic E-state index is 11.7. The van der Waals surface area contributed by atoms with Gasteiger partial charge in [0, 0.05) is 24.2 Å². The van der Waals surface area contributed by atoms with Crippen LogP contribution in [0.15, 0.2) is 60.5 Å². The Bertz CT molecular complexity index is 854. The summed E-state index contributed by atoms with van der Waals surface area (Å²) < 4.78 is 5.58. The van der Waals surface area contributed by atoms with Gasteiger partial charge in [0.25, 0.3) is 0 Å². The number of hydrazone groups is 1. The first kappa shape index (κ1) is 20.5. The van der Waals surface area contributed by atoms with Gasteiger partial charge in [-0.05, 0) is 49.1 Å². The third-order valence-electron chi connectivity index (χ3n) is 5.42. The van der Waals surface area contributed by atoms with Gasteiger partial charge >= 0.3 is 6.09 Å². The molecule has 0 saturated heterocycles. The van der Waals surface area contributed by atoms with Gasteiger partial charge < -0.3 is 16.3 Å². The minimum Gasteiger partial charge on any atom is -0.446 e. The van der Waals surface area contributed by atoms with E-state index in [4.69, 9.17) is 16.3 Å². The van der Waals surface area contributed by atoms with E-state index in [-0.39, 0.29) is 11.8 Å². The Morgan fingerprint density at radius 1 is 1.03 bits per heavy atom. The van der Waals surface area contributed by atoms with Crippen LogP contribution >= 0.6 is 0 Å². The fourth-order valence-electron chi connectivity index (χ4n) is 4.15. The van der Waals surface area contributed by atoms with Gasteiger partial charge in [-0.3, -0.25) is 9.97 Å². The summed E-state index contributed by atoms with van der Waals surface area (Å²) in [6.45, 7) is 4.33. The Hall–Kier alpha value is -3.22. The highest BCUT2D eigenvalue weighted by molar-refractivity contribution is 6.01. The molecule has 1 saturated carbocycles. The molecule has 1 aliphatic rings. The summed E-state index contributed by atoms with van der Waals surface area (Å²) in [5.41, 5.74) is 8.31. The molecule has 1 aliphatic carbocycles. The Morgan fingerprint density at radius 2 is 1.69 bits per heavy atom. The molecule has 2 heterocycles. The van der Waals surface area contributed by atoms with Gasteiger partial charge in [-0.1, -0.05) is 31.6 Å². The zero-order chi connectivity index (χ0) is 20.6. The average molecular weight is 393 g/mol. The first-order valence-corrected chi connectivity index (χ1v) is 9.87. The number of nitrogens with zero attached hydrogens (tertiary/aromatic N) is 3. The van der Waals surface area contributed by atoms with Gasteiger partial charge in [0.2, 0.25) is 0 Å². The Kier molecular flexibility index (Phi) is 6.94. The predicted octanol–water partition coefficient (Wildman–Crippen LogP) is 3.51. The van der Waals surface area contributed by atoms with Crippen LogP contribution in [0.3, 0.4) is 0 Å². The zero-order valence-electron chi connectivity index (χ0n) is 16.4. The van der Waals surface area contributed by atoms with Crippen molar-refractivity contribution in [1.29, 1.82) is 0 Å². The van der Waals surface area contributed by atoms with Crippen LogP contribution in [-0.2, 0) is 4.74 Å². The number of hydrogen-bond donors (Lipinski definition) is 2. The molecule has 152 valence electrons. The molecule has 2 aromatic rings. The molecular weight excluding hydrogens is 366 g/mol. The summed E-state index contributed by atoms with van der Waals surface area (Å²) in [5.74, 6) is 5.45. The van der Waals surface area contributed by atoms with Crippen molar-refractivity contribution >= 4 is 17.4 Å². The summed E-state index contributed by atoms with van der Waals surface area (Å²) in [6, 6.07) is 11.3. The van der Waals surface area contributed by atoms with Gasteiger partial charge in [-0.25, -0.2) is 4.79 Å². The highest BCUT2D eigenvalue weighted by Crippen LogP contribution is 2.39. The lowest BCUT2D eigenvalue weighted by molar-refractivity contribution is 0.0622. The summed E-state index contributed by atoms with van der Waals surface area (Å²) in [4.78, 5) is 20.6. The number of carbonyl (C=O) groups excluding carboxylic acids is 1. The maximum Gasteiger partial charge on any atom is 0.404 e. The Labute approximate surface area is 170 Å². The van der Waals surface area contributed by atoms with Crippen molar-refractivity contribution in [3.8, 4) is 0 Å². The summed E-state index contributed by atoms with van der Waals surface area (Å²) in [5, 5.41) is 4.12. The molecule has 3 atom stereocenters. The molecular formula is C22H27N5O2. The van der Waals surface area contributed by atoms with E-state index < -0.39 is 12.2 Å². The predicted molar refractivity (Wildman–Crippen MR) is 113 cm³/mol. The molecule has 7 heteroatoms. The molecule has 7 nitrogen and oxygen atoms in total. The van der Waals surface area contributed by atoms with Crippen molar-refractivity contribution in [2.75, 3.05) is 0 Å². The molecule has 3 rings (SSSR count). The fraction of sp³-hybridized carbons (Fsp3) is 0.364. The monoisotopic (exact) mass is 393 g/mol. The van der Waals surface area contributed by atoms with E-state index in [2.05, 4.69) is 21.6 Å². The van der Waals surface area contributed by atoms with E-state index in [1.807, 2.05) is 36.4 Å². The van der Waals surface area contributed by atoms with Gasteiger partial charge in [0.05, 0.1) is 17.1 Å². The van der Waals surface area contributed by atoms with Crippen molar-refractivity contribution in [2.45, 2.75) is 38.2 Å². The second-order valence-electron chi connectivity index (χ2n) is 7.22. The number of carbonyl (C=O) groups is 1.